The molecule has 0 heterocycles. The van der Waals surface area contributed by atoms with Crippen LogP contribution in [0.2, 0.25) is 0 Å². The summed E-state index contributed by atoms with van der Waals surface area (Å²) in [5, 5.41) is 46.9. The molecule has 0 aliphatic heterocycles. The molecule has 0 fully saturated rings. The summed E-state index contributed by atoms with van der Waals surface area (Å²) in [6.45, 7) is 0.821. The van der Waals surface area contributed by atoms with Gasteiger partial charge in [-0.15, -0.1) is 0 Å². The Morgan fingerprint density at radius 1 is 0.645 bits per heavy atom. The van der Waals surface area contributed by atoms with Gasteiger partial charge in [-0.25, -0.2) is 0 Å². The van der Waals surface area contributed by atoms with Crippen LogP contribution in [0.5, 0.6) is 0 Å². The number of aliphatic hydroxyl groups is 5. The van der Waals surface area contributed by atoms with E-state index in [2.05, 4.69) is 6.92 Å². The fraction of sp³-hybridized carbons (Fsp3) is 0.958. The van der Waals surface area contributed by atoms with E-state index < -0.39 is 43.6 Å². The molecule has 186 valence electrons. The minimum Gasteiger partial charge on any atom is -0.457 e. The van der Waals surface area contributed by atoms with Crippen LogP contribution in [0, 0.1) is 0 Å². The summed E-state index contributed by atoms with van der Waals surface area (Å²) in [5.74, 6) is -0.557. The molecule has 7 heteroatoms. The number of carbonyl (C=O) groups excluding carboxylic acids is 1. The van der Waals surface area contributed by atoms with Crippen molar-refractivity contribution in [1.29, 1.82) is 0 Å². The number of rotatable bonds is 22. The van der Waals surface area contributed by atoms with Crippen molar-refractivity contribution in [3.63, 3.8) is 0 Å². The molecule has 0 bridgehead atoms. The third-order valence-electron chi connectivity index (χ3n) is 5.76. The Balaban J connectivity index is 3.60. The lowest BCUT2D eigenvalue weighted by atomic mass is 10.0. The molecule has 0 amide bonds. The maximum absolute atomic E-state index is 11.9. The number of esters is 1. The first kappa shape index (κ1) is 30.3. The van der Waals surface area contributed by atoms with Crippen LogP contribution in [-0.2, 0) is 9.53 Å². The van der Waals surface area contributed by atoms with Crippen molar-refractivity contribution in [2.24, 2.45) is 0 Å². The van der Waals surface area contributed by atoms with Crippen molar-refractivity contribution in [1.82, 2.24) is 0 Å². The van der Waals surface area contributed by atoms with E-state index >= 15 is 0 Å². The Morgan fingerprint density at radius 2 is 1.06 bits per heavy atom. The van der Waals surface area contributed by atoms with E-state index in [0.717, 1.165) is 19.3 Å². The lowest BCUT2D eigenvalue weighted by Crippen LogP contribution is -2.48. The summed E-state index contributed by atoms with van der Waals surface area (Å²) in [7, 11) is 0. The van der Waals surface area contributed by atoms with Crippen molar-refractivity contribution in [2.75, 3.05) is 13.2 Å². The Bertz CT molecular complexity index is 405. The van der Waals surface area contributed by atoms with E-state index in [1.165, 1.54) is 70.6 Å². The van der Waals surface area contributed by atoms with E-state index in [1.54, 1.807) is 0 Å². The first-order valence-electron chi connectivity index (χ1n) is 12.4. The third-order valence-corrected chi connectivity index (χ3v) is 5.76. The van der Waals surface area contributed by atoms with Crippen LogP contribution < -0.4 is 0 Å². The highest BCUT2D eigenvalue weighted by Gasteiger charge is 2.33. The number of carbonyl (C=O) groups is 1. The normalized spacial score (nSPS) is 15.4. The number of hydrogen-bond acceptors (Lipinski definition) is 7. The molecule has 0 saturated carbocycles. The maximum Gasteiger partial charge on any atom is 0.306 e. The predicted molar refractivity (Wildman–Crippen MR) is 122 cm³/mol. The molecule has 0 spiro atoms. The Labute approximate surface area is 188 Å². The van der Waals surface area contributed by atoms with Gasteiger partial charge < -0.3 is 30.3 Å². The second-order valence-corrected chi connectivity index (χ2v) is 8.64. The van der Waals surface area contributed by atoms with E-state index in [-0.39, 0.29) is 6.42 Å². The van der Waals surface area contributed by atoms with Gasteiger partial charge >= 0.3 is 5.97 Å². The summed E-state index contributed by atoms with van der Waals surface area (Å²) in [6, 6.07) is 0. The van der Waals surface area contributed by atoms with Gasteiger partial charge in [-0.1, -0.05) is 96.8 Å². The van der Waals surface area contributed by atoms with Crippen molar-refractivity contribution in [3.8, 4) is 0 Å². The Hall–Kier alpha value is -0.730. The SMILES string of the molecule is CCCCCCCCCCCCCCCCCC(=O)O[C@H](CO)[C@@H](O)[C@H](O)[C@H](O)CO. The second-order valence-electron chi connectivity index (χ2n) is 8.64. The van der Waals surface area contributed by atoms with Crippen LogP contribution in [0.4, 0.5) is 0 Å². The molecular formula is C24H48O7. The van der Waals surface area contributed by atoms with Crippen LogP contribution in [0.15, 0.2) is 0 Å². The zero-order valence-electron chi connectivity index (χ0n) is 19.6. The molecule has 0 unspecified atom stereocenters. The molecule has 0 aromatic rings. The molecule has 5 N–H and O–H groups in total. The highest BCUT2D eigenvalue weighted by molar-refractivity contribution is 5.69. The van der Waals surface area contributed by atoms with Gasteiger partial charge in [0, 0.05) is 6.42 Å². The number of aliphatic hydroxyl groups excluding tert-OH is 5. The molecule has 0 saturated heterocycles. The number of hydrogen-bond donors (Lipinski definition) is 5. The number of unbranched alkanes of at least 4 members (excludes halogenated alkanes) is 14. The predicted octanol–water partition coefficient (Wildman–Crippen LogP) is 3.23. The first-order valence-corrected chi connectivity index (χ1v) is 12.4. The van der Waals surface area contributed by atoms with Gasteiger partial charge in [0.25, 0.3) is 0 Å². The Morgan fingerprint density at radius 3 is 1.45 bits per heavy atom. The van der Waals surface area contributed by atoms with E-state index in [1.807, 2.05) is 0 Å². The lowest BCUT2D eigenvalue weighted by Gasteiger charge is -2.27. The van der Waals surface area contributed by atoms with E-state index in [0.29, 0.717) is 6.42 Å². The summed E-state index contributed by atoms with van der Waals surface area (Å²) >= 11 is 0. The Kier molecular flexibility index (Phi) is 20.6. The average molecular weight is 449 g/mol. The summed E-state index contributed by atoms with van der Waals surface area (Å²) in [5.41, 5.74) is 0. The molecule has 0 radical (unpaired) electrons. The standard InChI is InChI=1S/C24H48O7/c1-2-3-4-5-6-7-8-9-10-11-12-13-14-15-16-17-22(28)31-21(19-26)24(30)23(29)20(27)18-25/h20-21,23-27,29-30H,2-19H2,1H3/t20-,21-,23-,24-/m1/s1. The molecule has 0 aliphatic rings. The molecule has 0 aliphatic carbocycles. The van der Waals surface area contributed by atoms with Gasteiger partial charge in [-0.2, -0.15) is 0 Å². The summed E-state index contributed by atoms with van der Waals surface area (Å²) in [4.78, 5) is 11.9. The fourth-order valence-electron chi connectivity index (χ4n) is 3.64. The van der Waals surface area contributed by atoms with Gasteiger partial charge in [0.15, 0.2) is 6.10 Å². The average Bonchev–Trinajstić information content (AvgIpc) is 2.78. The molecule has 0 aromatic carbocycles. The van der Waals surface area contributed by atoms with Gasteiger partial charge in [-0.3, -0.25) is 4.79 Å². The first-order chi connectivity index (χ1) is 15.0. The highest BCUT2D eigenvalue weighted by Crippen LogP contribution is 2.14. The zero-order valence-corrected chi connectivity index (χ0v) is 19.6. The van der Waals surface area contributed by atoms with Crippen LogP contribution in [0.3, 0.4) is 0 Å². The summed E-state index contributed by atoms with van der Waals surface area (Å²) in [6.07, 6.45) is 12.4. The monoisotopic (exact) mass is 448 g/mol. The largest absolute Gasteiger partial charge is 0.457 e. The topological polar surface area (TPSA) is 127 Å². The van der Waals surface area contributed by atoms with E-state index in [4.69, 9.17) is 9.84 Å². The smallest absolute Gasteiger partial charge is 0.306 e. The van der Waals surface area contributed by atoms with Crippen LogP contribution in [0.1, 0.15) is 110 Å². The van der Waals surface area contributed by atoms with Crippen molar-refractivity contribution < 1.29 is 35.1 Å². The van der Waals surface area contributed by atoms with Crippen molar-refractivity contribution in [2.45, 2.75) is 134 Å². The third kappa shape index (κ3) is 16.5. The molecule has 0 rings (SSSR count). The van der Waals surface area contributed by atoms with Gasteiger partial charge in [0.05, 0.1) is 13.2 Å². The van der Waals surface area contributed by atoms with Crippen LogP contribution in [-0.4, -0.2) is 69.1 Å². The molecular weight excluding hydrogens is 400 g/mol. The molecule has 7 nitrogen and oxygen atoms in total. The quantitative estimate of drug-likeness (QED) is 0.127. The van der Waals surface area contributed by atoms with Crippen LogP contribution in [0.25, 0.3) is 0 Å². The van der Waals surface area contributed by atoms with Gasteiger partial charge in [-0.05, 0) is 6.42 Å². The minimum atomic E-state index is -1.71. The zero-order chi connectivity index (χ0) is 23.3. The highest BCUT2D eigenvalue weighted by atomic mass is 16.6. The van der Waals surface area contributed by atoms with Crippen molar-refractivity contribution >= 4 is 5.97 Å². The summed E-state index contributed by atoms with van der Waals surface area (Å²) < 4.78 is 5.00. The van der Waals surface area contributed by atoms with Crippen LogP contribution >= 0.6 is 0 Å². The second kappa shape index (κ2) is 21.1. The lowest BCUT2D eigenvalue weighted by molar-refractivity contribution is -0.171. The molecule has 4 atom stereocenters. The van der Waals surface area contributed by atoms with Crippen molar-refractivity contribution in [3.05, 3.63) is 0 Å². The minimum absolute atomic E-state index is 0.181. The number of ether oxygens (including phenoxy) is 1. The van der Waals surface area contributed by atoms with E-state index in [9.17, 15) is 25.2 Å². The maximum atomic E-state index is 11.9. The fourth-order valence-corrected chi connectivity index (χ4v) is 3.64. The van der Waals surface area contributed by atoms with Gasteiger partial charge in [0.1, 0.15) is 18.3 Å². The molecule has 0 aromatic heterocycles. The molecule has 31 heavy (non-hydrogen) atoms. The van der Waals surface area contributed by atoms with Gasteiger partial charge in [0.2, 0.25) is 0 Å².